The maximum atomic E-state index is 6.15. The van der Waals surface area contributed by atoms with Crippen molar-refractivity contribution < 1.29 is 13.9 Å². The van der Waals surface area contributed by atoms with Gasteiger partial charge in [0, 0.05) is 7.11 Å². The average Bonchev–Trinajstić information content (AvgIpc) is 2.25. The Morgan fingerprint density at radius 3 is 2.53 bits per heavy atom. The maximum Gasteiger partial charge on any atom is 0.192 e. The number of rotatable bonds is 4. The van der Waals surface area contributed by atoms with Gasteiger partial charge in [0.2, 0.25) is 0 Å². The summed E-state index contributed by atoms with van der Waals surface area (Å²) < 4.78 is 17.0. The highest BCUT2D eigenvalue weighted by Gasteiger charge is 2.37. The van der Waals surface area contributed by atoms with E-state index in [0.717, 1.165) is 6.42 Å². The van der Waals surface area contributed by atoms with Gasteiger partial charge < -0.3 is 13.9 Å². The van der Waals surface area contributed by atoms with E-state index in [4.69, 9.17) is 13.9 Å². The van der Waals surface area contributed by atoms with Gasteiger partial charge in [0.15, 0.2) is 14.6 Å². The lowest BCUT2D eigenvalue weighted by atomic mass is 10.2. The van der Waals surface area contributed by atoms with Crippen LogP contribution in [0.25, 0.3) is 0 Å². The lowest BCUT2D eigenvalue weighted by molar-refractivity contribution is -0.140. The van der Waals surface area contributed by atoms with Crippen molar-refractivity contribution in [2.75, 3.05) is 13.7 Å². The zero-order valence-corrected chi connectivity index (χ0v) is 12.9. The summed E-state index contributed by atoms with van der Waals surface area (Å²) in [5, 5.41) is 0.248. The molecule has 0 spiro atoms. The van der Waals surface area contributed by atoms with Crippen molar-refractivity contribution in [3.05, 3.63) is 12.2 Å². The van der Waals surface area contributed by atoms with Gasteiger partial charge >= 0.3 is 0 Å². The highest BCUT2D eigenvalue weighted by Crippen LogP contribution is 2.36. The fourth-order valence-corrected chi connectivity index (χ4v) is 2.43. The second-order valence-corrected chi connectivity index (χ2v) is 10.9. The molecule has 0 fully saturated rings. The minimum absolute atomic E-state index is 0.124. The van der Waals surface area contributed by atoms with Gasteiger partial charge in [-0.3, -0.25) is 0 Å². The number of hydrogen-bond donors (Lipinski definition) is 0. The third-order valence-electron chi connectivity index (χ3n) is 3.69. The van der Waals surface area contributed by atoms with Gasteiger partial charge in [-0.2, -0.15) is 0 Å². The zero-order valence-electron chi connectivity index (χ0n) is 11.9. The van der Waals surface area contributed by atoms with E-state index in [2.05, 4.69) is 39.9 Å². The second kappa shape index (κ2) is 5.65. The monoisotopic (exact) mass is 258 g/mol. The van der Waals surface area contributed by atoms with E-state index in [-0.39, 0.29) is 17.4 Å². The van der Waals surface area contributed by atoms with Crippen LogP contribution in [0.5, 0.6) is 0 Å². The van der Waals surface area contributed by atoms with Crippen LogP contribution in [0.2, 0.25) is 18.1 Å². The van der Waals surface area contributed by atoms with Gasteiger partial charge in [-0.05, 0) is 30.6 Å². The van der Waals surface area contributed by atoms with E-state index in [0.29, 0.717) is 6.61 Å². The minimum atomic E-state index is -1.67. The summed E-state index contributed by atoms with van der Waals surface area (Å²) in [6.07, 6.45) is 4.88. The quantitative estimate of drug-likeness (QED) is 0.572. The van der Waals surface area contributed by atoms with Crippen molar-refractivity contribution in [3.63, 3.8) is 0 Å². The third kappa shape index (κ3) is 4.21. The summed E-state index contributed by atoms with van der Waals surface area (Å²) in [5.74, 6) is 0. The molecule has 0 saturated heterocycles. The Bertz CT molecular complexity index is 268. The van der Waals surface area contributed by atoms with Crippen LogP contribution in [-0.2, 0) is 13.9 Å². The van der Waals surface area contributed by atoms with Gasteiger partial charge in [0.1, 0.15) is 0 Å². The first-order valence-corrected chi connectivity index (χ1v) is 9.16. The third-order valence-corrected chi connectivity index (χ3v) is 8.19. The van der Waals surface area contributed by atoms with Gasteiger partial charge in [0.25, 0.3) is 0 Å². The smallest absolute Gasteiger partial charge is 0.192 e. The fraction of sp³-hybridized carbons (Fsp3) is 0.846. The van der Waals surface area contributed by atoms with E-state index < -0.39 is 8.32 Å². The molecule has 0 aromatic carbocycles. The van der Waals surface area contributed by atoms with Crippen molar-refractivity contribution in [3.8, 4) is 0 Å². The van der Waals surface area contributed by atoms with Gasteiger partial charge in [-0.15, -0.1) is 0 Å². The summed E-state index contributed by atoms with van der Waals surface area (Å²) >= 11 is 0. The Morgan fingerprint density at radius 1 is 1.35 bits per heavy atom. The first-order chi connectivity index (χ1) is 7.76. The standard InChI is InChI=1S/C13H26O3Si/c1-13(2,3)17(5,6)15-10-11-8-7-9-12(14-4)16-11/h7,9,11-12H,8,10H2,1-6H3/t11-,12+/m0/s1. The molecular formula is C13H26O3Si. The highest BCUT2D eigenvalue weighted by atomic mass is 28.4. The van der Waals surface area contributed by atoms with E-state index in [1.54, 1.807) is 7.11 Å². The molecule has 0 amide bonds. The molecule has 1 aliphatic rings. The molecule has 0 aliphatic carbocycles. The van der Waals surface area contributed by atoms with Gasteiger partial charge in [-0.25, -0.2) is 0 Å². The first-order valence-electron chi connectivity index (χ1n) is 6.25. The molecule has 2 atom stereocenters. The molecule has 0 saturated carbocycles. The average molecular weight is 258 g/mol. The number of ether oxygens (including phenoxy) is 2. The highest BCUT2D eigenvalue weighted by molar-refractivity contribution is 6.74. The molecule has 0 aromatic rings. The van der Waals surface area contributed by atoms with Crippen molar-refractivity contribution in [1.29, 1.82) is 0 Å². The molecule has 1 heterocycles. The minimum Gasteiger partial charge on any atom is -0.414 e. The summed E-state index contributed by atoms with van der Waals surface area (Å²) in [4.78, 5) is 0. The van der Waals surface area contributed by atoms with Crippen LogP contribution in [0.1, 0.15) is 27.2 Å². The molecule has 0 aromatic heterocycles. The number of hydrogen-bond acceptors (Lipinski definition) is 3. The second-order valence-electron chi connectivity index (χ2n) is 6.10. The molecule has 3 nitrogen and oxygen atoms in total. The largest absolute Gasteiger partial charge is 0.414 e. The normalized spacial score (nSPS) is 26.2. The van der Waals surface area contributed by atoms with Crippen molar-refractivity contribution in [2.24, 2.45) is 0 Å². The lowest BCUT2D eigenvalue weighted by Gasteiger charge is -2.37. The molecule has 4 heteroatoms. The van der Waals surface area contributed by atoms with E-state index >= 15 is 0 Å². The van der Waals surface area contributed by atoms with Crippen LogP contribution in [0.15, 0.2) is 12.2 Å². The summed E-state index contributed by atoms with van der Waals surface area (Å²) in [7, 11) is -0.00717. The van der Waals surface area contributed by atoms with Crippen LogP contribution in [0.3, 0.4) is 0 Å². The molecule has 0 unspecified atom stereocenters. The van der Waals surface area contributed by atoms with Crippen LogP contribution in [0.4, 0.5) is 0 Å². The topological polar surface area (TPSA) is 27.7 Å². The number of methoxy groups -OCH3 is 1. The summed E-state index contributed by atoms with van der Waals surface area (Å²) in [6, 6.07) is 0. The Labute approximate surface area is 106 Å². The molecule has 0 N–H and O–H groups in total. The molecule has 0 bridgehead atoms. The molecule has 1 aliphatic heterocycles. The SMILES string of the molecule is CO[C@H]1C=CC[C@@H](CO[Si](C)(C)C(C)(C)C)O1. The first kappa shape index (κ1) is 14.9. The summed E-state index contributed by atoms with van der Waals surface area (Å²) in [6.45, 7) is 11.9. The van der Waals surface area contributed by atoms with Gasteiger partial charge in [-0.1, -0.05) is 26.8 Å². The Kier molecular flexibility index (Phi) is 4.95. The van der Waals surface area contributed by atoms with Gasteiger partial charge in [0.05, 0.1) is 12.7 Å². The molecular weight excluding hydrogens is 232 g/mol. The molecule has 17 heavy (non-hydrogen) atoms. The predicted molar refractivity (Wildman–Crippen MR) is 72.6 cm³/mol. The molecule has 1 rings (SSSR count). The van der Waals surface area contributed by atoms with Crippen molar-refractivity contribution in [2.45, 2.75) is 57.7 Å². The Balaban J connectivity index is 2.44. The van der Waals surface area contributed by atoms with Crippen LogP contribution >= 0.6 is 0 Å². The van der Waals surface area contributed by atoms with Crippen molar-refractivity contribution in [1.82, 2.24) is 0 Å². The summed E-state index contributed by atoms with van der Waals surface area (Å²) in [5.41, 5.74) is 0. The van der Waals surface area contributed by atoms with Crippen LogP contribution < -0.4 is 0 Å². The fourth-order valence-electron chi connectivity index (χ4n) is 1.39. The van der Waals surface area contributed by atoms with E-state index in [1.165, 1.54) is 0 Å². The van der Waals surface area contributed by atoms with Crippen LogP contribution in [0, 0.1) is 0 Å². The van der Waals surface area contributed by atoms with E-state index in [1.807, 2.05) is 6.08 Å². The van der Waals surface area contributed by atoms with Crippen molar-refractivity contribution >= 4 is 8.32 Å². The zero-order chi connectivity index (χ0) is 13.1. The Hall–Kier alpha value is -0.163. The Morgan fingerprint density at radius 2 is 2.00 bits per heavy atom. The predicted octanol–water partition coefficient (Wildman–Crippen LogP) is 3.33. The van der Waals surface area contributed by atoms with E-state index in [9.17, 15) is 0 Å². The maximum absolute atomic E-state index is 6.15. The molecule has 100 valence electrons. The molecule has 0 radical (unpaired) electrons. The van der Waals surface area contributed by atoms with Crippen LogP contribution in [-0.4, -0.2) is 34.4 Å². The lowest BCUT2D eigenvalue weighted by Crippen LogP contribution is -2.43.